The second-order valence-corrected chi connectivity index (χ2v) is 12.2. The Morgan fingerprint density at radius 1 is 1.07 bits per heavy atom. The predicted octanol–water partition coefficient (Wildman–Crippen LogP) is 4.71. The predicted molar refractivity (Wildman–Crippen MR) is 162 cm³/mol. The molecule has 0 unspecified atom stereocenters. The summed E-state index contributed by atoms with van der Waals surface area (Å²) < 4.78 is 15.3. The number of nitrogens with one attached hydrogen (secondary N) is 1. The van der Waals surface area contributed by atoms with Gasteiger partial charge in [0.25, 0.3) is 5.91 Å². The second kappa shape index (κ2) is 12.9. The summed E-state index contributed by atoms with van der Waals surface area (Å²) in [6.45, 7) is 4.44. The smallest absolute Gasteiger partial charge is 0.270 e. The maximum atomic E-state index is 13.4. The fourth-order valence-electron chi connectivity index (χ4n) is 5.21. The number of benzene rings is 2. The highest BCUT2D eigenvalue weighted by atomic mass is 32.2. The summed E-state index contributed by atoms with van der Waals surface area (Å²) in [6.07, 6.45) is 3.88. The minimum Gasteiger partial charge on any atom is -0.598 e. The highest BCUT2D eigenvalue weighted by Crippen LogP contribution is 2.44. The first-order valence-electron chi connectivity index (χ1n) is 13.8. The summed E-state index contributed by atoms with van der Waals surface area (Å²) >= 11 is -1.29. The number of hydrogen-bond donors (Lipinski definition) is 4. The first-order valence-corrected chi connectivity index (χ1v) is 15.1. The second-order valence-electron chi connectivity index (χ2n) is 10.7. The third kappa shape index (κ3) is 6.42. The molecule has 4 aromatic rings. The molecule has 0 fully saturated rings. The molecule has 2 aromatic heterocycles. The molecule has 2 atom stereocenters. The van der Waals surface area contributed by atoms with Crippen molar-refractivity contribution in [2.75, 3.05) is 12.4 Å². The van der Waals surface area contributed by atoms with Gasteiger partial charge in [0.1, 0.15) is 11.4 Å². The van der Waals surface area contributed by atoms with Crippen LogP contribution in [-0.4, -0.2) is 52.4 Å². The summed E-state index contributed by atoms with van der Waals surface area (Å²) in [4.78, 5) is 22.5. The average Bonchev–Trinajstić information content (AvgIpc) is 3.36. The number of amides is 1. The molecule has 3 heterocycles. The van der Waals surface area contributed by atoms with E-state index in [2.05, 4.69) is 10.3 Å². The van der Waals surface area contributed by atoms with Gasteiger partial charge in [-0.2, -0.15) is 0 Å². The number of hydrogen-bond acceptors (Lipinski definition) is 8. The molecule has 9 nitrogen and oxygen atoms in total. The molecular weight excluding hydrogens is 552 g/mol. The van der Waals surface area contributed by atoms with Gasteiger partial charge in [-0.1, -0.05) is 44.2 Å². The Bertz CT molecular complexity index is 1570. The van der Waals surface area contributed by atoms with E-state index in [0.29, 0.717) is 30.0 Å². The fourth-order valence-corrected chi connectivity index (χ4v) is 6.75. The van der Waals surface area contributed by atoms with Crippen molar-refractivity contribution in [2.45, 2.75) is 39.4 Å². The van der Waals surface area contributed by atoms with Gasteiger partial charge in [-0.3, -0.25) is 9.78 Å². The van der Waals surface area contributed by atoms with Crippen LogP contribution < -0.4 is 5.32 Å². The standard InChI is InChI=1S/C32H34N4O5S/c1-20(2)19-42(41)36-18-25-15-26(32(40)34-16-21-8-9-28(38)29(39)13-21)35-31(30(25)27(36)10-12-37)23-6-3-5-22(14-23)24-7-4-11-33-17-24/h3-9,11,13-15,17,20,27,37-39H,10,12,16,18-19H2,1-2H3,(H,34,40)/t27-,42-/m0/s1. The van der Waals surface area contributed by atoms with Crippen molar-refractivity contribution < 1.29 is 24.7 Å². The normalized spacial score (nSPS) is 15.5. The molecule has 4 N–H and O–H groups in total. The number of aliphatic hydroxyl groups excluding tert-OH is 1. The molecule has 0 aliphatic carbocycles. The average molecular weight is 587 g/mol. The van der Waals surface area contributed by atoms with Gasteiger partial charge in [-0.15, -0.1) is 4.31 Å². The van der Waals surface area contributed by atoms with Crippen molar-refractivity contribution in [1.82, 2.24) is 19.6 Å². The van der Waals surface area contributed by atoms with Gasteiger partial charge in [0.2, 0.25) is 0 Å². The molecule has 1 aliphatic heterocycles. The zero-order valence-electron chi connectivity index (χ0n) is 23.5. The minimum atomic E-state index is -1.29. The number of phenols is 2. The first-order chi connectivity index (χ1) is 20.2. The summed E-state index contributed by atoms with van der Waals surface area (Å²) in [7, 11) is 0. The van der Waals surface area contributed by atoms with Gasteiger partial charge in [-0.05, 0) is 59.4 Å². The third-order valence-corrected chi connectivity index (χ3v) is 9.01. The van der Waals surface area contributed by atoms with Gasteiger partial charge in [0.05, 0.1) is 18.3 Å². The van der Waals surface area contributed by atoms with E-state index in [0.717, 1.165) is 27.8 Å². The van der Waals surface area contributed by atoms with Crippen LogP contribution in [0.4, 0.5) is 0 Å². The Hall–Kier alpha value is -3.96. The van der Waals surface area contributed by atoms with Gasteiger partial charge in [-0.25, -0.2) is 4.98 Å². The number of aromatic hydroxyl groups is 2. The number of fused-ring (bicyclic) bond motifs is 1. The summed E-state index contributed by atoms with van der Waals surface area (Å²) in [6, 6.07) is 17.5. The number of rotatable bonds is 10. The molecule has 0 saturated heterocycles. The molecule has 2 aromatic carbocycles. The highest BCUT2D eigenvalue weighted by Gasteiger charge is 2.41. The number of nitrogens with zero attached hydrogens (tertiary/aromatic N) is 3. The Morgan fingerprint density at radius 2 is 1.86 bits per heavy atom. The lowest BCUT2D eigenvalue weighted by atomic mass is 9.94. The lowest BCUT2D eigenvalue weighted by Gasteiger charge is -2.27. The molecule has 0 radical (unpaired) electrons. The van der Waals surface area contributed by atoms with Crippen LogP contribution in [0, 0.1) is 5.92 Å². The first kappa shape index (κ1) is 29.5. The molecule has 218 valence electrons. The van der Waals surface area contributed by atoms with Gasteiger partial charge >= 0.3 is 0 Å². The van der Waals surface area contributed by atoms with Crippen molar-refractivity contribution in [1.29, 1.82) is 0 Å². The number of carbonyl (C=O) groups is 1. The van der Waals surface area contributed by atoms with Crippen molar-refractivity contribution >= 4 is 17.3 Å². The van der Waals surface area contributed by atoms with Crippen molar-refractivity contribution in [2.24, 2.45) is 5.92 Å². The van der Waals surface area contributed by atoms with E-state index >= 15 is 0 Å². The maximum Gasteiger partial charge on any atom is 0.270 e. The van der Waals surface area contributed by atoms with E-state index in [9.17, 15) is 24.7 Å². The lowest BCUT2D eigenvalue weighted by Crippen LogP contribution is -2.33. The number of pyridine rings is 2. The topological polar surface area (TPSA) is 142 Å². The van der Waals surface area contributed by atoms with E-state index in [1.807, 2.05) is 54.6 Å². The Morgan fingerprint density at radius 3 is 2.57 bits per heavy atom. The highest BCUT2D eigenvalue weighted by molar-refractivity contribution is 7.89. The van der Waals surface area contributed by atoms with E-state index < -0.39 is 17.3 Å². The molecule has 0 saturated carbocycles. The Kier molecular flexibility index (Phi) is 9.08. The fraction of sp³-hybridized carbons (Fsp3) is 0.281. The number of aromatic nitrogens is 2. The molecule has 42 heavy (non-hydrogen) atoms. The number of carbonyl (C=O) groups excluding carboxylic acids is 1. The molecule has 10 heteroatoms. The minimum absolute atomic E-state index is 0.0869. The molecular formula is C32H34N4O5S. The summed E-state index contributed by atoms with van der Waals surface area (Å²) in [5.74, 6) is -0.200. The van der Waals surface area contributed by atoms with Crippen LogP contribution in [0.25, 0.3) is 22.4 Å². The maximum absolute atomic E-state index is 13.4. The van der Waals surface area contributed by atoms with Gasteiger partial charge in [0.15, 0.2) is 11.5 Å². The van der Waals surface area contributed by atoms with Crippen LogP contribution in [0.15, 0.2) is 73.1 Å². The number of aliphatic hydroxyl groups is 1. The zero-order chi connectivity index (χ0) is 29.8. The van der Waals surface area contributed by atoms with Crippen LogP contribution in [0.5, 0.6) is 11.5 Å². The van der Waals surface area contributed by atoms with Crippen LogP contribution in [0.2, 0.25) is 0 Å². The van der Waals surface area contributed by atoms with Crippen LogP contribution in [0.1, 0.15) is 53.5 Å². The zero-order valence-corrected chi connectivity index (χ0v) is 24.3. The monoisotopic (exact) mass is 586 g/mol. The van der Waals surface area contributed by atoms with Crippen molar-refractivity contribution in [3.8, 4) is 33.9 Å². The molecule has 1 amide bonds. The van der Waals surface area contributed by atoms with Gasteiger partial charge < -0.3 is 25.2 Å². The van der Waals surface area contributed by atoms with Crippen LogP contribution >= 0.6 is 0 Å². The third-order valence-electron chi connectivity index (χ3n) is 7.15. The molecule has 0 spiro atoms. The van der Waals surface area contributed by atoms with Crippen molar-refractivity contribution in [3.05, 3.63) is 95.4 Å². The van der Waals surface area contributed by atoms with Crippen molar-refractivity contribution in [3.63, 3.8) is 0 Å². The van der Waals surface area contributed by atoms with E-state index in [4.69, 9.17) is 4.98 Å². The van der Waals surface area contributed by atoms with E-state index in [1.165, 1.54) is 12.1 Å². The van der Waals surface area contributed by atoms with Gasteiger partial charge in [0, 0.05) is 53.6 Å². The Balaban J connectivity index is 1.56. The molecule has 5 rings (SSSR count). The lowest BCUT2D eigenvalue weighted by molar-refractivity contribution is 0.0946. The number of phenolic OH excluding ortho intramolecular Hbond substituents is 2. The Labute approximate surface area is 248 Å². The van der Waals surface area contributed by atoms with E-state index in [1.54, 1.807) is 24.5 Å². The molecule has 1 aliphatic rings. The molecule has 0 bridgehead atoms. The quantitative estimate of drug-likeness (QED) is 0.155. The van der Waals surface area contributed by atoms with Crippen LogP contribution in [0.3, 0.4) is 0 Å². The summed E-state index contributed by atoms with van der Waals surface area (Å²) in [5, 5.41) is 32.3. The van der Waals surface area contributed by atoms with Crippen LogP contribution in [-0.2, 0) is 24.5 Å². The van der Waals surface area contributed by atoms with E-state index in [-0.39, 0.29) is 42.3 Å². The largest absolute Gasteiger partial charge is 0.598 e. The SMILES string of the molecule is CC(C)C[S@+]([O-])N1Cc2cc(C(=O)NCc3ccc(O)c(O)c3)nc(-c3cccc(-c4cccnc4)c3)c2[C@@H]1CCO. The summed E-state index contributed by atoms with van der Waals surface area (Å²) in [5.41, 5.74) is 5.81.